The standard InChI is InChI=1S/C22H14ClFN2.C14H10BrClFNO3.C14H8BrClFNO3.C14H8BrClFN.C7H6BrNO2.C7H4ClFO/c1-13-9-14(12-25)5-7-17(13)15-6-8-20-16(10-15)11-21(26-20)22-18(23)3-2-4-19(22)24;2*15-9-4-5-12(18(20)21)8(6-9)7-13(19)14-10(16)2-1-3-11(14)17;15-9-4-5-12-8(6-9)7-13(18-12)14-10(16)2-1-3-11(14)17;1-5-4-6(8)2-3-7(5)9(10)11;8-6-2-1-3-7(9)5(6)4-10/h2-11,26H,1H3;1-6,13,19H,7H2;1-6H,7H2;1-7,18H;2-4H,1H3;1-4H. The van der Waals surface area contributed by atoms with Gasteiger partial charge >= 0.3 is 0 Å². The van der Waals surface area contributed by atoms with E-state index in [0.717, 1.165) is 53.5 Å². The number of Topliss-reactive ketones (excluding diaryl/α,β-unsaturated/α-hetero) is 1. The van der Waals surface area contributed by atoms with Crippen LogP contribution in [0.5, 0.6) is 0 Å². The first-order valence-electron chi connectivity index (χ1n) is 30.9. The third-order valence-corrected chi connectivity index (χ3v) is 19.2. The van der Waals surface area contributed by atoms with Crippen LogP contribution in [0.4, 0.5) is 39.0 Å². The summed E-state index contributed by atoms with van der Waals surface area (Å²) in [4.78, 5) is 59.5. The largest absolute Gasteiger partial charge is 0.388 e. The van der Waals surface area contributed by atoms with Crippen LogP contribution in [0.25, 0.3) is 55.4 Å². The van der Waals surface area contributed by atoms with Crippen LogP contribution in [0.15, 0.2) is 230 Å². The molecule has 15 nitrogen and oxygen atoms in total. The van der Waals surface area contributed by atoms with Crippen molar-refractivity contribution in [1.82, 2.24) is 9.97 Å². The second-order valence-electron chi connectivity index (χ2n) is 22.8. The van der Waals surface area contributed by atoms with Crippen molar-refractivity contribution < 1.29 is 51.4 Å². The predicted octanol–water partition coefficient (Wildman–Crippen LogP) is 25.8. The number of nitrogens with zero attached hydrogens (tertiary/aromatic N) is 4. The molecule has 0 aliphatic heterocycles. The number of ketones is 1. The van der Waals surface area contributed by atoms with Gasteiger partial charge in [0, 0.05) is 98.0 Å². The quantitative estimate of drug-likeness (QED) is 0.0324. The first-order chi connectivity index (χ1) is 50.9. The Morgan fingerprint density at radius 2 is 0.953 bits per heavy atom. The van der Waals surface area contributed by atoms with Crippen LogP contribution in [-0.2, 0) is 12.8 Å². The maximum atomic E-state index is 14.2. The highest BCUT2D eigenvalue weighted by molar-refractivity contribution is 9.11. The topological polar surface area (TPSA) is 239 Å². The third kappa shape index (κ3) is 21.9. The number of aldehydes is 1. The number of halogens is 14. The van der Waals surface area contributed by atoms with Crippen LogP contribution in [0, 0.1) is 84.6 Å². The van der Waals surface area contributed by atoms with E-state index in [4.69, 9.17) is 63.3 Å². The lowest BCUT2D eigenvalue weighted by atomic mass is 9.98. The lowest BCUT2D eigenvalue weighted by Gasteiger charge is -2.14. The second-order valence-corrected chi connectivity index (χ2v) is 28.5. The van der Waals surface area contributed by atoms with E-state index in [0.29, 0.717) is 64.5 Å². The molecule has 107 heavy (non-hydrogen) atoms. The Bertz CT molecular complexity index is 5500. The van der Waals surface area contributed by atoms with E-state index in [2.05, 4.69) is 85.8 Å². The smallest absolute Gasteiger partial charge is 0.273 e. The number of hydrogen-bond donors (Lipinski definition) is 3. The van der Waals surface area contributed by atoms with Gasteiger partial charge in [0.2, 0.25) is 0 Å². The molecular weight excluding hydrogens is 1760 g/mol. The molecule has 0 aliphatic carbocycles. The molecule has 13 aromatic rings. The van der Waals surface area contributed by atoms with Gasteiger partial charge in [-0.3, -0.25) is 39.9 Å². The maximum absolute atomic E-state index is 14.2. The van der Waals surface area contributed by atoms with Gasteiger partial charge < -0.3 is 15.1 Å². The number of carbonyl (C=O) groups is 2. The van der Waals surface area contributed by atoms with E-state index in [9.17, 15) is 67.0 Å². The fraction of sp³-hybridized carbons (Fsp3) is 0.0641. The Balaban J connectivity index is 0.000000166. The molecule has 0 saturated heterocycles. The first kappa shape index (κ1) is 83.2. The lowest BCUT2D eigenvalue weighted by molar-refractivity contribution is -0.385. The van der Waals surface area contributed by atoms with Gasteiger partial charge in [-0.15, -0.1) is 0 Å². The summed E-state index contributed by atoms with van der Waals surface area (Å²) in [5.74, 6) is -3.26. The van der Waals surface area contributed by atoms with Crippen molar-refractivity contribution in [2.45, 2.75) is 32.8 Å². The number of fused-ring (bicyclic) bond motifs is 2. The summed E-state index contributed by atoms with van der Waals surface area (Å²) in [5.41, 5.74) is 8.37. The molecule has 0 bridgehead atoms. The molecule has 3 N–H and O–H groups in total. The van der Waals surface area contributed by atoms with Gasteiger partial charge in [-0.25, -0.2) is 22.0 Å². The summed E-state index contributed by atoms with van der Waals surface area (Å²) in [5, 5.41) is 54.5. The highest BCUT2D eigenvalue weighted by atomic mass is 79.9. The molecule has 2 heterocycles. The zero-order valence-electron chi connectivity index (χ0n) is 55.1. The van der Waals surface area contributed by atoms with E-state index in [1.807, 2.05) is 67.6 Å². The van der Waals surface area contributed by atoms with Gasteiger partial charge in [0.25, 0.3) is 17.1 Å². The number of aliphatic hydroxyl groups excluding tert-OH is 1. The van der Waals surface area contributed by atoms with Crippen molar-refractivity contribution in [3.8, 4) is 39.7 Å². The number of hydrogen-bond acceptors (Lipinski definition) is 10. The minimum atomic E-state index is -1.27. The van der Waals surface area contributed by atoms with E-state index in [1.165, 1.54) is 103 Å². The van der Waals surface area contributed by atoms with E-state index in [-0.39, 0.29) is 83.8 Å². The monoisotopic (exact) mass is 1800 g/mol. The summed E-state index contributed by atoms with van der Waals surface area (Å²) in [7, 11) is 0. The number of aromatic nitrogens is 2. The normalized spacial score (nSPS) is 10.8. The van der Waals surface area contributed by atoms with Crippen LogP contribution >= 0.6 is 122 Å². The first-order valence-corrected chi connectivity index (χ1v) is 36.0. The molecule has 0 amide bonds. The summed E-state index contributed by atoms with van der Waals surface area (Å²) in [6, 6.07) is 58.4. The number of H-pyrrole nitrogens is 2. The highest BCUT2D eigenvalue weighted by Crippen LogP contribution is 2.38. The fourth-order valence-corrected chi connectivity index (χ4v) is 13.6. The molecule has 0 radical (unpaired) electrons. The fourth-order valence-electron chi connectivity index (χ4n) is 10.6. The molecular formula is C78H50Br4Cl5F5N6O9. The molecule has 29 heteroatoms. The second kappa shape index (κ2) is 38.4. The summed E-state index contributed by atoms with van der Waals surface area (Å²) in [6.45, 7) is 3.70. The average molecular weight is 1810 g/mol. The Morgan fingerprint density at radius 1 is 0.505 bits per heavy atom. The number of nitriles is 1. The summed E-state index contributed by atoms with van der Waals surface area (Å²) < 4.78 is 71.1. The van der Waals surface area contributed by atoms with Crippen LogP contribution in [0.2, 0.25) is 25.1 Å². The minimum Gasteiger partial charge on any atom is -0.388 e. The number of nitro benzene ring substituents is 3. The number of aryl methyl sites for hydroxylation is 2. The third-order valence-electron chi connectivity index (χ3n) is 15.6. The molecule has 1 atom stereocenters. The number of carbonyl (C=O) groups excluding carboxylic acids is 2. The minimum absolute atomic E-state index is 0.0161. The van der Waals surface area contributed by atoms with Crippen molar-refractivity contribution >= 4 is 173 Å². The Kier molecular flexibility index (Phi) is 29.8. The molecule has 0 saturated carbocycles. The van der Waals surface area contributed by atoms with Crippen LogP contribution in [0.3, 0.4) is 0 Å². The number of nitro groups is 3. The van der Waals surface area contributed by atoms with Gasteiger partial charge in [0.1, 0.15) is 29.1 Å². The highest BCUT2D eigenvalue weighted by Gasteiger charge is 2.25. The van der Waals surface area contributed by atoms with Crippen molar-refractivity contribution in [3.05, 3.63) is 359 Å². The molecule has 0 spiro atoms. The number of aliphatic hydroxyl groups is 1. The summed E-state index contributed by atoms with van der Waals surface area (Å²) in [6.07, 6.45) is -1.29. The number of nitrogens with one attached hydrogen (secondary N) is 2. The number of aromatic amines is 2. The van der Waals surface area contributed by atoms with Gasteiger partial charge in [-0.2, -0.15) is 5.26 Å². The molecule has 2 aromatic heterocycles. The Labute approximate surface area is 665 Å². The van der Waals surface area contributed by atoms with Gasteiger partial charge in [0.15, 0.2) is 12.1 Å². The van der Waals surface area contributed by atoms with Crippen molar-refractivity contribution in [2.75, 3.05) is 0 Å². The predicted molar refractivity (Wildman–Crippen MR) is 423 cm³/mol. The molecule has 0 aliphatic rings. The van der Waals surface area contributed by atoms with Crippen molar-refractivity contribution in [3.63, 3.8) is 0 Å². The lowest BCUT2D eigenvalue weighted by Crippen LogP contribution is -2.09. The van der Waals surface area contributed by atoms with Gasteiger partial charge in [-0.05, 0) is 182 Å². The number of benzene rings is 11. The average Bonchev–Trinajstić information content (AvgIpc) is 1.62. The molecule has 1 unspecified atom stereocenters. The zero-order valence-corrected chi connectivity index (χ0v) is 65.2. The maximum Gasteiger partial charge on any atom is 0.273 e. The van der Waals surface area contributed by atoms with E-state index >= 15 is 0 Å². The SMILES string of the molecule is Cc1cc(Br)ccc1[N+](=O)[O-].Cc1cc(C#N)ccc1-c1ccc2[nH]c(-c3c(F)cccc3Cl)cc2c1.Fc1cccc(Cl)c1-c1cc2cc(Br)ccc2[nH]1.O=C(Cc1cc(Br)ccc1[N+](=O)[O-])c1c(F)cccc1Cl.O=Cc1c(F)cccc1Cl.O=[N+]([O-])c1ccc(Br)cc1CC(O)c1c(F)cccc1Cl. The Morgan fingerprint density at radius 3 is 1.44 bits per heavy atom. The van der Waals surface area contributed by atoms with Crippen molar-refractivity contribution in [2.24, 2.45) is 0 Å². The van der Waals surface area contributed by atoms with E-state index < -0.39 is 39.2 Å². The molecule has 0 fully saturated rings. The molecule has 11 aromatic carbocycles. The Hall–Kier alpha value is -9.49. The van der Waals surface area contributed by atoms with Crippen LogP contribution in [0.1, 0.15) is 60.2 Å². The van der Waals surface area contributed by atoms with Crippen molar-refractivity contribution in [1.29, 1.82) is 5.26 Å². The van der Waals surface area contributed by atoms with Crippen LogP contribution < -0.4 is 0 Å². The van der Waals surface area contributed by atoms with Gasteiger partial charge in [-0.1, -0.05) is 164 Å². The summed E-state index contributed by atoms with van der Waals surface area (Å²) >= 11 is 42.4. The molecule has 13 rings (SSSR count). The zero-order chi connectivity index (χ0) is 78.1. The van der Waals surface area contributed by atoms with Gasteiger partial charge in [0.05, 0.1) is 86.2 Å². The molecule has 544 valence electrons. The number of rotatable bonds is 13. The van der Waals surface area contributed by atoms with Crippen LogP contribution in [-0.4, -0.2) is 41.9 Å². The van der Waals surface area contributed by atoms with E-state index in [1.54, 1.807) is 43.3 Å².